The molecule has 1 aromatic carbocycles. The summed E-state index contributed by atoms with van der Waals surface area (Å²) in [7, 11) is -3.37. The van der Waals surface area contributed by atoms with Crippen molar-refractivity contribution >= 4 is 15.9 Å². The van der Waals surface area contributed by atoms with Gasteiger partial charge in [-0.15, -0.1) is 0 Å². The molecular formula is C17H24N2O5S. The Kier molecular flexibility index (Phi) is 5.48. The van der Waals surface area contributed by atoms with Crippen molar-refractivity contribution in [1.82, 2.24) is 9.62 Å². The maximum atomic E-state index is 12.6. The summed E-state index contributed by atoms with van der Waals surface area (Å²) >= 11 is 0. The smallest absolute Gasteiger partial charge is 0.238 e. The average molecular weight is 368 g/mol. The van der Waals surface area contributed by atoms with Gasteiger partial charge in [-0.1, -0.05) is 19.1 Å². The van der Waals surface area contributed by atoms with Crippen LogP contribution < -0.4 is 14.8 Å². The Morgan fingerprint density at radius 3 is 2.92 bits per heavy atom. The zero-order chi connectivity index (χ0) is 17.9. The van der Waals surface area contributed by atoms with Crippen LogP contribution in [-0.4, -0.2) is 50.2 Å². The number of hydrogen-bond donors (Lipinski definition) is 1. The van der Waals surface area contributed by atoms with Crippen LogP contribution in [0.5, 0.6) is 11.5 Å². The molecule has 1 amide bonds. The fraction of sp³-hybridized carbons (Fsp3) is 0.588. The van der Waals surface area contributed by atoms with Crippen molar-refractivity contribution in [3.8, 4) is 11.5 Å². The molecule has 0 spiro atoms. The predicted molar refractivity (Wildman–Crippen MR) is 93.1 cm³/mol. The molecule has 7 nitrogen and oxygen atoms in total. The Balaban J connectivity index is 1.67. The van der Waals surface area contributed by atoms with E-state index in [-0.39, 0.29) is 18.2 Å². The van der Waals surface area contributed by atoms with Crippen molar-refractivity contribution in [2.75, 3.05) is 25.5 Å². The number of nitrogens with one attached hydrogen (secondary N) is 1. The minimum absolute atomic E-state index is 0.0775. The number of fused-ring (bicyclic) bond motifs is 1. The number of carbonyl (C=O) groups is 1. The standard InChI is InChI=1S/C17H24N2O5S/c1-2-11-25(21,22)19-8-4-6-14(19)17(20)18-12-13-5-3-7-15-16(13)24-10-9-23-15/h3,5,7,14H,2,4,6,8-12H2,1H3,(H,18,20)/t14-/m0/s1. The summed E-state index contributed by atoms with van der Waals surface area (Å²) in [6.45, 7) is 3.50. The van der Waals surface area contributed by atoms with Crippen LogP contribution in [0.4, 0.5) is 0 Å². The Morgan fingerprint density at radius 1 is 1.32 bits per heavy atom. The third-order valence-electron chi connectivity index (χ3n) is 4.43. The number of amides is 1. The monoisotopic (exact) mass is 368 g/mol. The summed E-state index contributed by atoms with van der Waals surface area (Å²) in [5, 5.41) is 2.85. The Bertz CT molecular complexity index is 735. The summed E-state index contributed by atoms with van der Waals surface area (Å²) < 4.78 is 37.2. The highest BCUT2D eigenvalue weighted by Gasteiger charge is 2.37. The summed E-state index contributed by atoms with van der Waals surface area (Å²) in [5.74, 6) is 1.14. The van der Waals surface area contributed by atoms with E-state index in [2.05, 4.69) is 5.32 Å². The van der Waals surface area contributed by atoms with E-state index in [1.165, 1.54) is 4.31 Å². The second-order valence-electron chi connectivity index (χ2n) is 6.24. The van der Waals surface area contributed by atoms with Gasteiger partial charge in [0.1, 0.15) is 19.3 Å². The third kappa shape index (κ3) is 3.90. The summed E-state index contributed by atoms with van der Waals surface area (Å²) in [5.41, 5.74) is 0.825. The molecular weight excluding hydrogens is 344 g/mol. The van der Waals surface area contributed by atoms with Crippen molar-refractivity contribution in [1.29, 1.82) is 0 Å². The van der Waals surface area contributed by atoms with E-state index in [0.29, 0.717) is 50.5 Å². The lowest BCUT2D eigenvalue weighted by atomic mass is 10.1. The largest absolute Gasteiger partial charge is 0.486 e. The zero-order valence-electron chi connectivity index (χ0n) is 14.4. The molecule has 1 N–H and O–H groups in total. The van der Waals surface area contributed by atoms with Crippen molar-refractivity contribution in [3.63, 3.8) is 0 Å². The third-order valence-corrected chi connectivity index (χ3v) is 6.50. The normalized spacial score (nSPS) is 20.4. The Hall–Kier alpha value is -1.80. The Labute approximate surface area is 148 Å². The molecule has 1 saturated heterocycles. The van der Waals surface area contributed by atoms with Gasteiger partial charge in [-0.05, 0) is 25.3 Å². The second-order valence-corrected chi connectivity index (χ2v) is 8.28. The first-order valence-corrected chi connectivity index (χ1v) is 10.3. The molecule has 25 heavy (non-hydrogen) atoms. The van der Waals surface area contributed by atoms with E-state index in [0.717, 1.165) is 5.56 Å². The molecule has 0 radical (unpaired) electrons. The van der Waals surface area contributed by atoms with Crippen LogP contribution >= 0.6 is 0 Å². The SMILES string of the molecule is CCCS(=O)(=O)N1CCC[C@H]1C(=O)NCc1cccc2c1OCCO2. The topological polar surface area (TPSA) is 84.9 Å². The zero-order valence-corrected chi connectivity index (χ0v) is 15.2. The Morgan fingerprint density at radius 2 is 2.12 bits per heavy atom. The second kappa shape index (κ2) is 7.61. The van der Waals surface area contributed by atoms with Gasteiger partial charge < -0.3 is 14.8 Å². The molecule has 1 fully saturated rings. The van der Waals surface area contributed by atoms with Crippen LogP contribution in [0, 0.1) is 0 Å². The van der Waals surface area contributed by atoms with Gasteiger partial charge in [0.2, 0.25) is 15.9 Å². The fourth-order valence-electron chi connectivity index (χ4n) is 3.28. The van der Waals surface area contributed by atoms with E-state index in [1.807, 2.05) is 25.1 Å². The van der Waals surface area contributed by atoms with Gasteiger partial charge in [0, 0.05) is 18.7 Å². The lowest BCUT2D eigenvalue weighted by Crippen LogP contribution is -2.46. The number of sulfonamides is 1. The molecule has 2 aliphatic heterocycles. The average Bonchev–Trinajstić information content (AvgIpc) is 3.10. The fourth-order valence-corrected chi connectivity index (χ4v) is 5.03. The molecule has 0 aliphatic carbocycles. The molecule has 1 atom stereocenters. The molecule has 0 saturated carbocycles. The van der Waals surface area contributed by atoms with Crippen molar-refractivity contribution in [2.45, 2.75) is 38.8 Å². The minimum Gasteiger partial charge on any atom is -0.486 e. The van der Waals surface area contributed by atoms with E-state index in [1.54, 1.807) is 0 Å². The van der Waals surface area contributed by atoms with E-state index >= 15 is 0 Å². The highest BCUT2D eigenvalue weighted by Crippen LogP contribution is 2.33. The number of rotatable bonds is 6. The van der Waals surface area contributed by atoms with Crippen LogP contribution in [0.2, 0.25) is 0 Å². The molecule has 0 bridgehead atoms. The van der Waals surface area contributed by atoms with Crippen LogP contribution in [0.3, 0.4) is 0 Å². The molecule has 0 unspecified atom stereocenters. The number of ether oxygens (including phenoxy) is 2. The highest BCUT2D eigenvalue weighted by atomic mass is 32.2. The van der Waals surface area contributed by atoms with Gasteiger partial charge in [-0.25, -0.2) is 8.42 Å². The van der Waals surface area contributed by atoms with Crippen molar-refractivity contribution in [2.24, 2.45) is 0 Å². The number of carbonyl (C=O) groups excluding carboxylic acids is 1. The molecule has 0 aromatic heterocycles. The summed E-state index contributed by atoms with van der Waals surface area (Å²) in [6, 6.07) is 4.93. The van der Waals surface area contributed by atoms with E-state index in [9.17, 15) is 13.2 Å². The summed E-state index contributed by atoms with van der Waals surface area (Å²) in [6.07, 6.45) is 1.81. The first-order valence-electron chi connectivity index (χ1n) is 8.67. The summed E-state index contributed by atoms with van der Waals surface area (Å²) in [4.78, 5) is 12.6. The maximum absolute atomic E-state index is 12.6. The molecule has 1 aromatic rings. The maximum Gasteiger partial charge on any atom is 0.238 e. The van der Waals surface area contributed by atoms with Gasteiger partial charge >= 0.3 is 0 Å². The molecule has 3 rings (SSSR count). The number of para-hydroxylation sites is 1. The highest BCUT2D eigenvalue weighted by molar-refractivity contribution is 7.89. The molecule has 8 heteroatoms. The molecule has 138 valence electrons. The van der Waals surface area contributed by atoms with Gasteiger partial charge in [0.25, 0.3) is 0 Å². The van der Waals surface area contributed by atoms with Crippen molar-refractivity contribution in [3.05, 3.63) is 23.8 Å². The first kappa shape index (κ1) is 18.0. The molecule has 2 heterocycles. The van der Waals surface area contributed by atoms with E-state index < -0.39 is 16.1 Å². The quantitative estimate of drug-likeness (QED) is 0.818. The lowest BCUT2D eigenvalue weighted by Gasteiger charge is -2.24. The van der Waals surface area contributed by atoms with Crippen LogP contribution in [0.1, 0.15) is 31.7 Å². The number of nitrogens with zero attached hydrogens (tertiary/aromatic N) is 1. The van der Waals surface area contributed by atoms with Crippen LogP contribution in [-0.2, 0) is 21.4 Å². The van der Waals surface area contributed by atoms with Crippen molar-refractivity contribution < 1.29 is 22.7 Å². The molecule has 2 aliphatic rings. The van der Waals surface area contributed by atoms with Gasteiger partial charge in [0.05, 0.1) is 5.75 Å². The minimum atomic E-state index is -3.37. The van der Waals surface area contributed by atoms with Gasteiger partial charge in [-0.2, -0.15) is 4.31 Å². The number of hydrogen-bond acceptors (Lipinski definition) is 5. The first-order chi connectivity index (χ1) is 12.0. The van der Waals surface area contributed by atoms with Crippen LogP contribution in [0.15, 0.2) is 18.2 Å². The number of benzene rings is 1. The lowest BCUT2D eigenvalue weighted by molar-refractivity contribution is -0.124. The van der Waals surface area contributed by atoms with Crippen LogP contribution in [0.25, 0.3) is 0 Å². The van der Waals surface area contributed by atoms with Gasteiger partial charge in [-0.3, -0.25) is 4.79 Å². The van der Waals surface area contributed by atoms with Gasteiger partial charge in [0.15, 0.2) is 11.5 Å². The predicted octanol–water partition coefficient (Wildman–Crippen LogP) is 1.28. The van der Waals surface area contributed by atoms with E-state index in [4.69, 9.17) is 9.47 Å².